The molecule has 134 valence electrons. The third-order valence-electron chi connectivity index (χ3n) is 5.25. The van der Waals surface area contributed by atoms with Crippen molar-refractivity contribution < 1.29 is 14.6 Å². The maximum atomic E-state index is 10.1. The van der Waals surface area contributed by atoms with Crippen molar-refractivity contribution in [2.24, 2.45) is 0 Å². The maximum absolute atomic E-state index is 10.1. The third kappa shape index (κ3) is 4.35. The summed E-state index contributed by atoms with van der Waals surface area (Å²) in [6, 6.07) is 10.6. The number of aliphatic hydroxyl groups excluding tert-OH is 1. The Morgan fingerprint density at radius 3 is 2.88 bits per heavy atom. The number of rotatable bonds is 7. The Hall–Kier alpha value is -0.980. The highest BCUT2D eigenvalue weighted by atomic mass is 16.7. The molecule has 0 spiro atoms. The Morgan fingerprint density at radius 2 is 2.21 bits per heavy atom. The SMILES string of the molecule is CN[C@@H](C[C@@]1(CO)C[C@@H](OC2CCCCO2)CN1)c1ccccc1. The molecule has 5 heteroatoms. The highest BCUT2D eigenvalue weighted by Crippen LogP contribution is 2.32. The molecule has 4 atom stereocenters. The molecule has 3 rings (SSSR count). The van der Waals surface area contributed by atoms with Crippen LogP contribution in [-0.2, 0) is 9.47 Å². The normalized spacial score (nSPS) is 31.9. The molecule has 24 heavy (non-hydrogen) atoms. The Kier molecular flexibility index (Phi) is 6.25. The van der Waals surface area contributed by atoms with Crippen LogP contribution in [0.2, 0.25) is 0 Å². The van der Waals surface area contributed by atoms with E-state index < -0.39 is 0 Å². The summed E-state index contributed by atoms with van der Waals surface area (Å²) in [4.78, 5) is 0. The minimum Gasteiger partial charge on any atom is -0.394 e. The first-order valence-corrected chi connectivity index (χ1v) is 9.10. The summed E-state index contributed by atoms with van der Waals surface area (Å²) < 4.78 is 11.8. The van der Waals surface area contributed by atoms with Crippen molar-refractivity contribution in [3.8, 4) is 0 Å². The molecule has 5 nitrogen and oxygen atoms in total. The van der Waals surface area contributed by atoms with Gasteiger partial charge in [-0.25, -0.2) is 0 Å². The van der Waals surface area contributed by atoms with E-state index in [0.29, 0.717) is 0 Å². The van der Waals surface area contributed by atoms with E-state index in [1.165, 1.54) is 12.0 Å². The third-order valence-corrected chi connectivity index (χ3v) is 5.25. The van der Waals surface area contributed by atoms with E-state index in [1.54, 1.807) is 0 Å². The molecule has 2 aliphatic rings. The molecule has 2 saturated heterocycles. The van der Waals surface area contributed by atoms with Gasteiger partial charge in [0.1, 0.15) is 0 Å². The van der Waals surface area contributed by atoms with Crippen LogP contribution in [0.25, 0.3) is 0 Å². The second-order valence-corrected chi connectivity index (χ2v) is 7.03. The number of aliphatic hydroxyl groups is 1. The number of hydrogen-bond acceptors (Lipinski definition) is 5. The molecule has 0 radical (unpaired) electrons. The summed E-state index contributed by atoms with van der Waals surface area (Å²) in [5, 5.41) is 17.0. The summed E-state index contributed by atoms with van der Waals surface area (Å²) in [6.07, 6.45) is 4.95. The van der Waals surface area contributed by atoms with Gasteiger partial charge in [0.2, 0.25) is 0 Å². The largest absolute Gasteiger partial charge is 0.394 e. The zero-order valence-corrected chi connectivity index (χ0v) is 14.5. The summed E-state index contributed by atoms with van der Waals surface area (Å²) in [6.45, 7) is 1.68. The molecule has 0 amide bonds. The monoisotopic (exact) mass is 334 g/mol. The number of ether oxygens (including phenoxy) is 2. The fourth-order valence-electron chi connectivity index (χ4n) is 3.84. The lowest BCUT2D eigenvalue weighted by molar-refractivity contribution is -0.184. The maximum Gasteiger partial charge on any atom is 0.158 e. The van der Waals surface area contributed by atoms with Crippen molar-refractivity contribution in [1.82, 2.24) is 10.6 Å². The second kappa shape index (κ2) is 8.41. The van der Waals surface area contributed by atoms with E-state index in [1.807, 2.05) is 13.1 Å². The van der Waals surface area contributed by atoms with Gasteiger partial charge >= 0.3 is 0 Å². The fourth-order valence-corrected chi connectivity index (χ4v) is 3.84. The topological polar surface area (TPSA) is 62.8 Å². The average molecular weight is 334 g/mol. The van der Waals surface area contributed by atoms with Crippen molar-refractivity contribution in [2.75, 3.05) is 26.8 Å². The van der Waals surface area contributed by atoms with E-state index in [4.69, 9.17) is 9.47 Å². The van der Waals surface area contributed by atoms with Crippen LogP contribution in [0.3, 0.4) is 0 Å². The first-order chi connectivity index (χ1) is 11.7. The molecule has 1 unspecified atom stereocenters. The predicted molar refractivity (Wildman–Crippen MR) is 93.8 cm³/mol. The summed E-state index contributed by atoms with van der Waals surface area (Å²) in [7, 11) is 1.97. The molecular formula is C19H30N2O3. The lowest BCUT2D eigenvalue weighted by atomic mass is 9.87. The summed E-state index contributed by atoms with van der Waals surface area (Å²) in [5.41, 5.74) is 0.942. The molecule has 3 N–H and O–H groups in total. The van der Waals surface area contributed by atoms with Gasteiger partial charge in [0.05, 0.1) is 12.7 Å². The van der Waals surface area contributed by atoms with Gasteiger partial charge in [-0.1, -0.05) is 30.3 Å². The molecule has 2 aliphatic heterocycles. The minimum atomic E-state index is -0.303. The Bertz CT molecular complexity index is 493. The van der Waals surface area contributed by atoms with Gasteiger partial charge in [-0.05, 0) is 44.7 Å². The van der Waals surface area contributed by atoms with Crippen molar-refractivity contribution in [2.45, 2.75) is 56.1 Å². The first-order valence-electron chi connectivity index (χ1n) is 9.10. The predicted octanol–water partition coefficient (Wildman–Crippen LogP) is 1.97. The second-order valence-electron chi connectivity index (χ2n) is 7.03. The molecule has 0 aromatic heterocycles. The zero-order valence-electron chi connectivity index (χ0n) is 14.5. The van der Waals surface area contributed by atoms with E-state index >= 15 is 0 Å². The number of hydrogen-bond donors (Lipinski definition) is 3. The van der Waals surface area contributed by atoms with Gasteiger partial charge in [0.25, 0.3) is 0 Å². The van der Waals surface area contributed by atoms with Gasteiger partial charge in [-0.15, -0.1) is 0 Å². The molecular weight excluding hydrogens is 304 g/mol. The van der Waals surface area contributed by atoms with Crippen LogP contribution in [0.15, 0.2) is 30.3 Å². The molecule has 2 heterocycles. The quantitative estimate of drug-likeness (QED) is 0.712. The van der Waals surface area contributed by atoms with E-state index in [9.17, 15) is 5.11 Å². The van der Waals surface area contributed by atoms with Gasteiger partial charge in [-0.3, -0.25) is 0 Å². The van der Waals surface area contributed by atoms with Crippen molar-refractivity contribution in [3.05, 3.63) is 35.9 Å². The van der Waals surface area contributed by atoms with Crippen molar-refractivity contribution in [1.29, 1.82) is 0 Å². The van der Waals surface area contributed by atoms with E-state index in [2.05, 4.69) is 34.9 Å². The Balaban J connectivity index is 1.60. The molecule has 0 aliphatic carbocycles. The smallest absolute Gasteiger partial charge is 0.158 e. The van der Waals surface area contributed by atoms with Gasteiger partial charge in [-0.2, -0.15) is 0 Å². The average Bonchev–Trinajstić information content (AvgIpc) is 3.04. The number of nitrogens with one attached hydrogen (secondary N) is 2. The van der Waals surface area contributed by atoms with Gasteiger partial charge < -0.3 is 25.2 Å². The van der Waals surface area contributed by atoms with Crippen LogP contribution in [0.5, 0.6) is 0 Å². The standard InChI is InChI=1S/C19H30N2O3/c1-20-17(15-7-3-2-4-8-15)12-19(14-22)11-16(13-21-19)24-18-9-5-6-10-23-18/h2-4,7-8,16-18,20-22H,5-6,9-14H2,1H3/t16-,17+,18?,19-/m1/s1. The van der Waals surface area contributed by atoms with E-state index in [-0.39, 0.29) is 30.6 Å². The van der Waals surface area contributed by atoms with Crippen molar-refractivity contribution in [3.63, 3.8) is 0 Å². The van der Waals surface area contributed by atoms with Crippen LogP contribution >= 0.6 is 0 Å². The molecule has 1 aromatic carbocycles. The summed E-state index contributed by atoms with van der Waals surface area (Å²) in [5.74, 6) is 0. The molecule has 1 aromatic rings. The van der Waals surface area contributed by atoms with Gasteiger partial charge in [0, 0.05) is 24.7 Å². The van der Waals surface area contributed by atoms with Crippen LogP contribution in [0.4, 0.5) is 0 Å². The van der Waals surface area contributed by atoms with Crippen LogP contribution in [0.1, 0.15) is 43.7 Å². The Labute approximate surface area is 144 Å². The summed E-state index contributed by atoms with van der Waals surface area (Å²) >= 11 is 0. The molecule has 0 saturated carbocycles. The first kappa shape index (κ1) is 17.8. The highest BCUT2D eigenvalue weighted by molar-refractivity contribution is 5.20. The van der Waals surface area contributed by atoms with Crippen LogP contribution in [-0.4, -0.2) is 49.8 Å². The number of benzene rings is 1. The lowest BCUT2D eigenvalue weighted by Gasteiger charge is -2.32. The van der Waals surface area contributed by atoms with Gasteiger partial charge in [0.15, 0.2) is 6.29 Å². The van der Waals surface area contributed by atoms with E-state index in [0.717, 1.165) is 38.8 Å². The van der Waals surface area contributed by atoms with Crippen LogP contribution < -0.4 is 10.6 Å². The highest BCUT2D eigenvalue weighted by Gasteiger charge is 2.41. The Morgan fingerprint density at radius 1 is 1.38 bits per heavy atom. The van der Waals surface area contributed by atoms with Crippen molar-refractivity contribution >= 4 is 0 Å². The zero-order chi connectivity index (χ0) is 16.8. The molecule has 2 fully saturated rings. The van der Waals surface area contributed by atoms with Crippen LogP contribution in [0, 0.1) is 0 Å². The molecule has 0 bridgehead atoms. The fraction of sp³-hybridized carbons (Fsp3) is 0.684. The minimum absolute atomic E-state index is 0.0748. The lowest BCUT2D eigenvalue weighted by Crippen LogP contribution is -2.46.